The van der Waals surface area contributed by atoms with Crippen molar-refractivity contribution in [2.45, 2.75) is 52.2 Å². The van der Waals surface area contributed by atoms with E-state index in [2.05, 4.69) is 21.9 Å². The van der Waals surface area contributed by atoms with Gasteiger partial charge in [-0.1, -0.05) is 13.3 Å². The first kappa shape index (κ1) is 17.7. The number of ether oxygens (including phenoxy) is 3. The lowest BCUT2D eigenvalue weighted by Crippen LogP contribution is -2.14. The van der Waals surface area contributed by atoms with Gasteiger partial charge in [0.15, 0.2) is 17.0 Å². The lowest BCUT2D eigenvalue weighted by molar-refractivity contribution is 0.183. The molecule has 25 heavy (non-hydrogen) atoms. The van der Waals surface area contributed by atoms with Crippen LogP contribution >= 0.6 is 0 Å². The topological polar surface area (TPSA) is 97.3 Å². The number of hydrogen-bond acceptors (Lipinski definition) is 7. The molecular weight excluding hydrogens is 322 g/mol. The highest BCUT2D eigenvalue weighted by Gasteiger charge is 2.21. The molecule has 0 spiro atoms. The molecule has 2 aromatic rings. The number of aromatic nitrogens is 4. The zero-order chi connectivity index (χ0) is 17.8. The molecule has 1 aliphatic rings. The molecule has 8 nitrogen and oxygen atoms in total. The minimum absolute atomic E-state index is 0.0377. The van der Waals surface area contributed by atoms with Crippen LogP contribution in [0.2, 0.25) is 0 Å². The monoisotopic (exact) mass is 349 g/mol. The van der Waals surface area contributed by atoms with Crippen molar-refractivity contribution in [1.82, 2.24) is 19.5 Å². The Hall–Kier alpha value is -2.09. The van der Waals surface area contributed by atoms with Gasteiger partial charge >= 0.3 is 6.01 Å². The largest absolute Gasteiger partial charge is 0.468 e. The molecule has 0 radical (unpaired) electrons. The molecule has 2 N–H and O–H groups in total. The zero-order valence-corrected chi connectivity index (χ0v) is 15.2. The van der Waals surface area contributed by atoms with Crippen LogP contribution in [0.15, 0.2) is 0 Å². The van der Waals surface area contributed by atoms with Crippen molar-refractivity contribution in [2.75, 3.05) is 26.1 Å². The van der Waals surface area contributed by atoms with Crippen LogP contribution in [-0.2, 0) is 11.3 Å². The van der Waals surface area contributed by atoms with Crippen molar-refractivity contribution in [1.29, 1.82) is 0 Å². The van der Waals surface area contributed by atoms with E-state index < -0.39 is 0 Å². The third-order valence-electron chi connectivity index (χ3n) is 4.54. The van der Waals surface area contributed by atoms with Crippen LogP contribution in [0.5, 0.6) is 12.0 Å². The molecule has 1 aliphatic heterocycles. The fourth-order valence-corrected chi connectivity index (χ4v) is 3.16. The molecule has 2 aromatic heterocycles. The number of nitrogen functional groups attached to an aromatic ring is 1. The summed E-state index contributed by atoms with van der Waals surface area (Å²) in [6, 6.07) is 0.785. The highest BCUT2D eigenvalue weighted by Crippen LogP contribution is 2.27. The summed E-state index contributed by atoms with van der Waals surface area (Å²) >= 11 is 0. The van der Waals surface area contributed by atoms with Crippen LogP contribution in [0, 0.1) is 5.92 Å². The van der Waals surface area contributed by atoms with E-state index in [1.54, 1.807) is 7.11 Å². The Kier molecular flexibility index (Phi) is 5.57. The summed E-state index contributed by atoms with van der Waals surface area (Å²) < 4.78 is 18.6. The quantitative estimate of drug-likeness (QED) is 0.781. The lowest BCUT2D eigenvalue weighted by Gasteiger charge is -2.13. The number of anilines is 1. The number of methoxy groups -OCH3 is 1. The van der Waals surface area contributed by atoms with E-state index in [-0.39, 0.29) is 6.10 Å². The molecule has 1 fully saturated rings. The number of nitrogens with zero attached hydrogens (tertiary/aromatic N) is 4. The Balaban J connectivity index is 1.88. The molecule has 0 aromatic carbocycles. The predicted octanol–water partition coefficient (Wildman–Crippen LogP) is 2.41. The minimum Gasteiger partial charge on any atom is -0.468 e. The van der Waals surface area contributed by atoms with Crippen LogP contribution in [0.3, 0.4) is 0 Å². The van der Waals surface area contributed by atoms with E-state index >= 15 is 0 Å². The van der Waals surface area contributed by atoms with Gasteiger partial charge in [0.2, 0.25) is 0 Å². The second-order valence-electron chi connectivity index (χ2n) is 6.55. The standard InChI is InChI=1S/C17H27N5O3/c1-4-5-11(2)25-16-20-14(18)13-15(21-16)22(17(19-13)23-3)8-6-12-7-9-24-10-12/h11-12H,4-10H2,1-3H3,(H2,18,20,21)/t11-,12-/m1/s1. The molecule has 0 amide bonds. The number of nitrogens with two attached hydrogens (primary N) is 1. The Bertz CT molecular complexity index is 712. The molecule has 1 saturated heterocycles. The van der Waals surface area contributed by atoms with E-state index in [0.717, 1.165) is 45.4 Å². The highest BCUT2D eigenvalue weighted by atomic mass is 16.5. The van der Waals surface area contributed by atoms with Gasteiger partial charge in [0.1, 0.15) is 0 Å². The number of hydrogen-bond donors (Lipinski definition) is 1. The van der Waals surface area contributed by atoms with Crippen LogP contribution in [0.4, 0.5) is 5.82 Å². The molecule has 0 aliphatic carbocycles. The van der Waals surface area contributed by atoms with E-state index in [9.17, 15) is 0 Å². The Labute approximate surface area is 147 Å². The van der Waals surface area contributed by atoms with Crippen molar-refractivity contribution < 1.29 is 14.2 Å². The van der Waals surface area contributed by atoms with Gasteiger partial charge in [-0.15, -0.1) is 0 Å². The maximum Gasteiger partial charge on any atom is 0.320 e. The molecule has 8 heteroatoms. The fourth-order valence-electron chi connectivity index (χ4n) is 3.16. The average molecular weight is 349 g/mol. The fraction of sp³-hybridized carbons (Fsp3) is 0.706. The maximum atomic E-state index is 6.08. The van der Waals surface area contributed by atoms with Crippen LogP contribution in [0.1, 0.15) is 39.5 Å². The van der Waals surface area contributed by atoms with Crippen molar-refractivity contribution >= 4 is 17.0 Å². The third-order valence-corrected chi connectivity index (χ3v) is 4.54. The van der Waals surface area contributed by atoms with E-state index in [1.165, 1.54) is 0 Å². The summed E-state index contributed by atoms with van der Waals surface area (Å²) in [6.45, 7) is 6.52. The highest BCUT2D eigenvalue weighted by molar-refractivity contribution is 5.83. The summed E-state index contributed by atoms with van der Waals surface area (Å²) in [7, 11) is 1.60. The second-order valence-corrected chi connectivity index (χ2v) is 6.55. The van der Waals surface area contributed by atoms with Gasteiger partial charge in [-0.05, 0) is 32.1 Å². The first-order valence-electron chi connectivity index (χ1n) is 8.94. The van der Waals surface area contributed by atoms with Crippen molar-refractivity contribution in [3.8, 4) is 12.0 Å². The van der Waals surface area contributed by atoms with Gasteiger partial charge in [-0.3, -0.25) is 4.57 Å². The molecule has 0 unspecified atom stereocenters. The first-order valence-corrected chi connectivity index (χ1v) is 8.94. The Morgan fingerprint density at radius 3 is 2.88 bits per heavy atom. The second kappa shape index (κ2) is 7.86. The summed E-state index contributed by atoms with van der Waals surface area (Å²) in [6.07, 6.45) is 4.08. The minimum atomic E-state index is 0.0377. The molecular formula is C17H27N5O3. The lowest BCUT2D eigenvalue weighted by atomic mass is 10.1. The van der Waals surface area contributed by atoms with Gasteiger partial charge < -0.3 is 19.9 Å². The molecule has 138 valence electrons. The van der Waals surface area contributed by atoms with E-state index in [1.807, 2.05) is 11.5 Å². The summed E-state index contributed by atoms with van der Waals surface area (Å²) in [4.78, 5) is 13.2. The number of imidazole rings is 1. The van der Waals surface area contributed by atoms with Gasteiger partial charge in [-0.25, -0.2) is 0 Å². The van der Waals surface area contributed by atoms with Crippen molar-refractivity contribution in [3.05, 3.63) is 0 Å². The van der Waals surface area contributed by atoms with Gasteiger partial charge in [0.25, 0.3) is 6.01 Å². The molecule has 3 rings (SSSR count). The van der Waals surface area contributed by atoms with Gasteiger partial charge in [-0.2, -0.15) is 15.0 Å². The van der Waals surface area contributed by atoms with Crippen molar-refractivity contribution in [2.24, 2.45) is 5.92 Å². The molecule has 2 atom stereocenters. The number of rotatable bonds is 8. The third kappa shape index (κ3) is 3.95. The van der Waals surface area contributed by atoms with E-state index in [4.69, 9.17) is 19.9 Å². The molecule has 0 bridgehead atoms. The summed E-state index contributed by atoms with van der Waals surface area (Å²) in [5.74, 6) is 0.867. The Morgan fingerprint density at radius 2 is 2.20 bits per heavy atom. The smallest absolute Gasteiger partial charge is 0.320 e. The van der Waals surface area contributed by atoms with Crippen LogP contribution < -0.4 is 15.2 Å². The first-order chi connectivity index (χ1) is 12.1. The SMILES string of the molecule is CCC[C@@H](C)Oc1nc(N)c2nc(OC)n(CC[C@@H]3CCOC3)c2n1. The predicted molar refractivity (Wildman–Crippen MR) is 94.8 cm³/mol. The number of aryl methyl sites for hydroxylation is 1. The van der Waals surface area contributed by atoms with Gasteiger partial charge in [0, 0.05) is 19.8 Å². The van der Waals surface area contributed by atoms with Crippen LogP contribution in [0.25, 0.3) is 11.2 Å². The number of fused-ring (bicyclic) bond motifs is 1. The Morgan fingerprint density at radius 1 is 1.36 bits per heavy atom. The average Bonchev–Trinajstić information content (AvgIpc) is 3.20. The van der Waals surface area contributed by atoms with Crippen LogP contribution in [-0.4, -0.2) is 45.9 Å². The zero-order valence-electron chi connectivity index (χ0n) is 15.2. The molecule has 0 saturated carbocycles. The summed E-state index contributed by atoms with van der Waals surface area (Å²) in [5, 5.41) is 0. The molecule has 3 heterocycles. The van der Waals surface area contributed by atoms with Gasteiger partial charge in [0.05, 0.1) is 13.2 Å². The van der Waals surface area contributed by atoms with Crippen molar-refractivity contribution in [3.63, 3.8) is 0 Å². The van der Waals surface area contributed by atoms with E-state index in [0.29, 0.717) is 34.9 Å². The summed E-state index contributed by atoms with van der Waals surface area (Å²) in [5.41, 5.74) is 7.28. The normalized spacial score (nSPS) is 18.6. The maximum absolute atomic E-state index is 6.08.